The smallest absolute Gasteiger partial charge is 0.262 e. The molecule has 0 spiro atoms. The highest BCUT2D eigenvalue weighted by atomic mass is 16.5. The number of carbonyl (C=O) groups is 1. The van der Waals surface area contributed by atoms with Crippen molar-refractivity contribution in [1.82, 2.24) is 4.98 Å². The third kappa shape index (κ3) is 3.85. The molecule has 1 aromatic heterocycles. The van der Waals surface area contributed by atoms with Crippen molar-refractivity contribution in [2.75, 3.05) is 11.9 Å². The van der Waals surface area contributed by atoms with E-state index in [0.717, 1.165) is 27.3 Å². The molecule has 0 saturated heterocycles. The Morgan fingerprint density at radius 1 is 1.03 bits per heavy atom. The standard InChI is InChI=1S/C24H22N2O3/c1-3-20-15(2)21-11-9-18(13-22(21)26-24(20)28)25-23(27)14-29-19-10-8-16-6-4-5-7-17(16)12-19/h4-13H,3,14H2,1-2H3,(H,25,27)(H,26,28). The minimum absolute atomic E-state index is 0.0828. The van der Waals surface area contributed by atoms with Gasteiger partial charge in [-0.1, -0.05) is 43.3 Å². The molecule has 4 rings (SSSR count). The number of rotatable bonds is 5. The SMILES string of the molecule is CCc1c(C)c2ccc(NC(=O)COc3ccc4ccccc4c3)cc2[nH]c1=O. The average Bonchev–Trinajstić information content (AvgIpc) is 2.72. The molecule has 0 bridgehead atoms. The second-order valence-corrected chi connectivity index (χ2v) is 7.02. The summed E-state index contributed by atoms with van der Waals surface area (Å²) >= 11 is 0. The molecule has 2 N–H and O–H groups in total. The highest BCUT2D eigenvalue weighted by Crippen LogP contribution is 2.22. The molecule has 0 atom stereocenters. The summed E-state index contributed by atoms with van der Waals surface area (Å²) in [6.45, 7) is 3.82. The van der Waals surface area contributed by atoms with Crippen molar-refractivity contribution in [2.45, 2.75) is 20.3 Å². The van der Waals surface area contributed by atoms with Crippen LogP contribution < -0.4 is 15.6 Å². The molecular weight excluding hydrogens is 364 g/mol. The number of fused-ring (bicyclic) bond motifs is 2. The van der Waals surface area contributed by atoms with Gasteiger partial charge in [0.25, 0.3) is 11.5 Å². The van der Waals surface area contributed by atoms with Crippen molar-refractivity contribution in [1.29, 1.82) is 0 Å². The minimum Gasteiger partial charge on any atom is -0.484 e. The van der Waals surface area contributed by atoms with Gasteiger partial charge in [0.05, 0.1) is 5.52 Å². The van der Waals surface area contributed by atoms with Crippen molar-refractivity contribution >= 4 is 33.3 Å². The quantitative estimate of drug-likeness (QED) is 0.528. The summed E-state index contributed by atoms with van der Waals surface area (Å²) in [5, 5.41) is 5.98. The van der Waals surface area contributed by atoms with E-state index >= 15 is 0 Å². The summed E-state index contributed by atoms with van der Waals surface area (Å²) in [4.78, 5) is 27.4. The molecule has 146 valence electrons. The molecule has 0 fully saturated rings. The van der Waals surface area contributed by atoms with Gasteiger partial charge in [0, 0.05) is 16.6 Å². The number of aromatic nitrogens is 1. The molecule has 0 saturated carbocycles. The summed E-state index contributed by atoms with van der Waals surface area (Å²) in [6.07, 6.45) is 0.682. The summed E-state index contributed by atoms with van der Waals surface area (Å²) < 4.78 is 5.63. The Hall–Kier alpha value is -3.60. The lowest BCUT2D eigenvalue weighted by Gasteiger charge is -2.11. The fourth-order valence-corrected chi connectivity index (χ4v) is 3.61. The Bertz CT molecular complexity index is 1270. The monoisotopic (exact) mass is 386 g/mol. The van der Waals surface area contributed by atoms with E-state index in [1.54, 1.807) is 6.07 Å². The van der Waals surface area contributed by atoms with Crippen LogP contribution in [0.1, 0.15) is 18.1 Å². The number of aromatic amines is 1. The second-order valence-electron chi connectivity index (χ2n) is 7.02. The first-order valence-electron chi connectivity index (χ1n) is 9.62. The van der Waals surface area contributed by atoms with Gasteiger partial charge in [-0.05, 0) is 53.9 Å². The van der Waals surface area contributed by atoms with Crippen LogP contribution in [0.15, 0.2) is 65.5 Å². The summed E-state index contributed by atoms with van der Waals surface area (Å²) in [7, 11) is 0. The van der Waals surface area contributed by atoms with Gasteiger partial charge in [-0.25, -0.2) is 0 Å². The number of carbonyl (C=O) groups excluding carboxylic acids is 1. The summed E-state index contributed by atoms with van der Waals surface area (Å²) in [5.74, 6) is 0.381. The van der Waals surface area contributed by atoms with Crippen LogP contribution in [0.4, 0.5) is 5.69 Å². The molecule has 0 aliphatic carbocycles. The molecule has 0 aliphatic heterocycles. The molecule has 3 aromatic carbocycles. The van der Waals surface area contributed by atoms with Crippen LogP contribution in [0.25, 0.3) is 21.7 Å². The lowest BCUT2D eigenvalue weighted by atomic mass is 10.0. The minimum atomic E-state index is -0.262. The van der Waals surface area contributed by atoms with E-state index in [1.165, 1.54) is 0 Å². The van der Waals surface area contributed by atoms with Crippen LogP contribution in [-0.2, 0) is 11.2 Å². The van der Waals surface area contributed by atoms with E-state index in [2.05, 4.69) is 10.3 Å². The Balaban J connectivity index is 1.47. The third-order valence-electron chi connectivity index (χ3n) is 5.13. The molecule has 4 aromatic rings. The van der Waals surface area contributed by atoms with Crippen molar-refractivity contribution in [3.8, 4) is 5.75 Å². The predicted octanol–water partition coefficient (Wildman–Crippen LogP) is 4.57. The van der Waals surface area contributed by atoms with Gasteiger partial charge in [-0.3, -0.25) is 9.59 Å². The number of anilines is 1. The Morgan fingerprint density at radius 2 is 1.83 bits per heavy atom. The number of amides is 1. The fraction of sp³-hybridized carbons (Fsp3) is 0.167. The number of aryl methyl sites for hydroxylation is 1. The van der Waals surface area contributed by atoms with E-state index in [9.17, 15) is 9.59 Å². The van der Waals surface area contributed by atoms with E-state index in [0.29, 0.717) is 23.4 Å². The number of hydrogen-bond acceptors (Lipinski definition) is 3. The zero-order chi connectivity index (χ0) is 20.4. The van der Waals surface area contributed by atoms with Crippen molar-refractivity contribution < 1.29 is 9.53 Å². The molecule has 29 heavy (non-hydrogen) atoms. The van der Waals surface area contributed by atoms with Crippen LogP contribution >= 0.6 is 0 Å². The highest BCUT2D eigenvalue weighted by molar-refractivity contribution is 5.95. The van der Waals surface area contributed by atoms with Gasteiger partial charge < -0.3 is 15.0 Å². The zero-order valence-corrected chi connectivity index (χ0v) is 16.4. The van der Waals surface area contributed by atoms with Crippen LogP contribution in [0.3, 0.4) is 0 Å². The number of ether oxygens (including phenoxy) is 1. The Kier molecular flexibility index (Phi) is 5.04. The van der Waals surface area contributed by atoms with Crippen molar-refractivity contribution in [3.05, 3.63) is 82.1 Å². The maximum absolute atomic E-state index is 12.3. The normalized spacial score (nSPS) is 11.0. The van der Waals surface area contributed by atoms with E-state index in [-0.39, 0.29) is 18.1 Å². The molecule has 5 heteroatoms. The highest BCUT2D eigenvalue weighted by Gasteiger charge is 2.10. The van der Waals surface area contributed by atoms with Gasteiger partial charge in [-0.15, -0.1) is 0 Å². The van der Waals surface area contributed by atoms with Crippen LogP contribution in [0.2, 0.25) is 0 Å². The molecule has 0 aliphatic rings. The number of benzene rings is 3. The van der Waals surface area contributed by atoms with E-state index in [4.69, 9.17) is 4.74 Å². The molecular formula is C24H22N2O3. The lowest BCUT2D eigenvalue weighted by Crippen LogP contribution is -2.20. The summed E-state index contributed by atoms with van der Waals surface area (Å²) in [6, 6.07) is 19.2. The Morgan fingerprint density at radius 3 is 2.62 bits per heavy atom. The first-order chi connectivity index (χ1) is 14.0. The predicted molar refractivity (Wildman–Crippen MR) is 117 cm³/mol. The number of pyridine rings is 1. The number of nitrogens with one attached hydrogen (secondary N) is 2. The van der Waals surface area contributed by atoms with E-state index in [1.807, 2.05) is 68.4 Å². The van der Waals surface area contributed by atoms with Crippen LogP contribution in [0.5, 0.6) is 5.75 Å². The van der Waals surface area contributed by atoms with Crippen LogP contribution in [-0.4, -0.2) is 17.5 Å². The first-order valence-corrected chi connectivity index (χ1v) is 9.62. The molecule has 0 radical (unpaired) electrons. The third-order valence-corrected chi connectivity index (χ3v) is 5.13. The van der Waals surface area contributed by atoms with Crippen molar-refractivity contribution in [3.63, 3.8) is 0 Å². The molecule has 5 nitrogen and oxygen atoms in total. The Labute approximate surface area is 168 Å². The zero-order valence-electron chi connectivity index (χ0n) is 16.4. The van der Waals surface area contributed by atoms with Crippen LogP contribution in [0, 0.1) is 6.92 Å². The van der Waals surface area contributed by atoms with E-state index < -0.39 is 0 Å². The average molecular weight is 386 g/mol. The number of hydrogen-bond donors (Lipinski definition) is 2. The summed E-state index contributed by atoms with van der Waals surface area (Å²) in [5.41, 5.74) is 3.00. The largest absolute Gasteiger partial charge is 0.484 e. The van der Waals surface area contributed by atoms with Gasteiger partial charge in [-0.2, -0.15) is 0 Å². The topological polar surface area (TPSA) is 71.2 Å². The van der Waals surface area contributed by atoms with Gasteiger partial charge >= 0.3 is 0 Å². The molecule has 1 amide bonds. The number of H-pyrrole nitrogens is 1. The maximum atomic E-state index is 12.3. The second kappa shape index (κ2) is 7.80. The van der Waals surface area contributed by atoms with Gasteiger partial charge in [0.15, 0.2) is 6.61 Å². The first kappa shape index (κ1) is 18.7. The molecule has 0 unspecified atom stereocenters. The van der Waals surface area contributed by atoms with Gasteiger partial charge in [0.2, 0.25) is 0 Å². The van der Waals surface area contributed by atoms with Gasteiger partial charge in [0.1, 0.15) is 5.75 Å². The fourth-order valence-electron chi connectivity index (χ4n) is 3.61. The van der Waals surface area contributed by atoms with Crippen molar-refractivity contribution in [2.24, 2.45) is 0 Å². The lowest BCUT2D eigenvalue weighted by molar-refractivity contribution is -0.118. The molecule has 1 heterocycles. The maximum Gasteiger partial charge on any atom is 0.262 e.